The lowest BCUT2D eigenvalue weighted by atomic mass is 10.0. The van der Waals surface area contributed by atoms with Gasteiger partial charge in [0.2, 0.25) is 0 Å². The van der Waals surface area contributed by atoms with Gasteiger partial charge in [-0.3, -0.25) is 4.68 Å². The van der Waals surface area contributed by atoms with Gasteiger partial charge in [0.15, 0.2) is 5.96 Å². The highest BCUT2D eigenvalue weighted by atomic mass is 15.3. The fraction of sp³-hybridized carbons (Fsp3) is 0.391. The van der Waals surface area contributed by atoms with Crippen molar-refractivity contribution >= 4 is 22.4 Å². The van der Waals surface area contributed by atoms with Crippen molar-refractivity contribution < 1.29 is 0 Å². The van der Waals surface area contributed by atoms with Gasteiger partial charge in [0.05, 0.1) is 18.4 Å². The fourth-order valence-electron chi connectivity index (χ4n) is 4.01. The topological polar surface area (TPSA) is 57.5 Å². The van der Waals surface area contributed by atoms with Gasteiger partial charge in [-0.05, 0) is 36.1 Å². The lowest BCUT2D eigenvalue weighted by Crippen LogP contribution is -2.51. The molecule has 1 fully saturated rings. The SMILES string of the molecule is CCNC(=NCc1cccc2ccccc12)NC1CCCN(c2cnn(C)c2)C1. The summed E-state index contributed by atoms with van der Waals surface area (Å²) in [7, 11) is 1.96. The number of fused-ring (bicyclic) bond motifs is 1. The summed E-state index contributed by atoms with van der Waals surface area (Å²) in [5, 5.41) is 13.9. The molecule has 1 aliphatic rings. The Morgan fingerprint density at radius 1 is 1.21 bits per heavy atom. The van der Waals surface area contributed by atoms with Gasteiger partial charge >= 0.3 is 0 Å². The summed E-state index contributed by atoms with van der Waals surface area (Å²) in [5.74, 6) is 0.887. The number of piperidine rings is 1. The van der Waals surface area contributed by atoms with Gasteiger partial charge in [0, 0.05) is 38.9 Å². The summed E-state index contributed by atoms with van der Waals surface area (Å²) < 4.78 is 1.86. The van der Waals surface area contributed by atoms with Gasteiger partial charge in [-0.2, -0.15) is 5.10 Å². The van der Waals surface area contributed by atoms with Crippen LogP contribution in [0.5, 0.6) is 0 Å². The van der Waals surface area contributed by atoms with E-state index in [9.17, 15) is 0 Å². The molecule has 2 aromatic carbocycles. The number of rotatable bonds is 5. The predicted molar refractivity (Wildman–Crippen MR) is 120 cm³/mol. The Balaban J connectivity index is 1.45. The summed E-state index contributed by atoms with van der Waals surface area (Å²) in [5.41, 5.74) is 2.44. The Kier molecular flexibility index (Phi) is 5.98. The molecule has 29 heavy (non-hydrogen) atoms. The smallest absolute Gasteiger partial charge is 0.191 e. The molecule has 1 aliphatic heterocycles. The summed E-state index contributed by atoms with van der Waals surface area (Å²) in [6.07, 6.45) is 6.34. The van der Waals surface area contributed by atoms with Crippen molar-refractivity contribution in [3.8, 4) is 0 Å². The molecule has 0 bridgehead atoms. The Morgan fingerprint density at radius 2 is 2.07 bits per heavy atom. The molecule has 1 saturated heterocycles. The Hall–Kier alpha value is -3.02. The number of nitrogens with one attached hydrogen (secondary N) is 2. The van der Waals surface area contributed by atoms with E-state index in [0.29, 0.717) is 12.6 Å². The van der Waals surface area contributed by atoms with Gasteiger partial charge < -0.3 is 15.5 Å². The largest absolute Gasteiger partial charge is 0.367 e. The lowest BCUT2D eigenvalue weighted by molar-refractivity contribution is 0.468. The third kappa shape index (κ3) is 4.70. The lowest BCUT2D eigenvalue weighted by Gasteiger charge is -2.34. The van der Waals surface area contributed by atoms with Gasteiger partial charge in [-0.25, -0.2) is 4.99 Å². The van der Waals surface area contributed by atoms with Gasteiger partial charge in [0.1, 0.15) is 0 Å². The maximum absolute atomic E-state index is 4.89. The molecule has 2 N–H and O–H groups in total. The average Bonchev–Trinajstić information content (AvgIpc) is 3.19. The molecule has 1 unspecified atom stereocenters. The number of benzene rings is 2. The summed E-state index contributed by atoms with van der Waals surface area (Å²) in [6, 6.07) is 15.3. The normalized spacial score (nSPS) is 17.5. The van der Waals surface area contributed by atoms with E-state index < -0.39 is 0 Å². The van der Waals surface area contributed by atoms with E-state index in [0.717, 1.165) is 38.4 Å². The maximum atomic E-state index is 4.89. The summed E-state index contributed by atoms with van der Waals surface area (Å²) in [6.45, 7) is 5.66. The molecule has 0 saturated carbocycles. The second-order valence-corrected chi connectivity index (χ2v) is 7.64. The average molecular weight is 391 g/mol. The molecule has 0 amide bonds. The third-order valence-electron chi connectivity index (χ3n) is 5.45. The molecule has 0 aliphatic carbocycles. The third-order valence-corrected chi connectivity index (χ3v) is 5.45. The summed E-state index contributed by atoms with van der Waals surface area (Å²) >= 11 is 0. The highest BCUT2D eigenvalue weighted by Crippen LogP contribution is 2.20. The van der Waals surface area contributed by atoms with Crippen LogP contribution in [-0.4, -0.2) is 41.4 Å². The molecule has 152 valence electrons. The van der Waals surface area contributed by atoms with E-state index in [2.05, 4.69) is 76.2 Å². The summed E-state index contributed by atoms with van der Waals surface area (Å²) in [4.78, 5) is 7.29. The van der Waals surface area contributed by atoms with Crippen LogP contribution in [0.1, 0.15) is 25.3 Å². The Bertz CT molecular complexity index is 971. The van der Waals surface area contributed by atoms with Crippen molar-refractivity contribution in [1.29, 1.82) is 0 Å². The first-order chi connectivity index (χ1) is 14.2. The second-order valence-electron chi connectivity index (χ2n) is 7.64. The predicted octanol–water partition coefficient (Wildman–Crippen LogP) is 3.30. The van der Waals surface area contributed by atoms with E-state index in [1.165, 1.54) is 22.0 Å². The monoisotopic (exact) mass is 390 g/mol. The number of aryl methyl sites for hydroxylation is 1. The van der Waals surface area contributed by atoms with Crippen molar-refractivity contribution in [1.82, 2.24) is 20.4 Å². The van der Waals surface area contributed by atoms with Crippen molar-refractivity contribution in [2.24, 2.45) is 12.0 Å². The van der Waals surface area contributed by atoms with E-state index in [1.54, 1.807) is 0 Å². The zero-order chi connectivity index (χ0) is 20.1. The number of guanidine groups is 1. The van der Waals surface area contributed by atoms with Crippen LogP contribution < -0.4 is 15.5 Å². The second kappa shape index (κ2) is 8.99. The van der Waals surface area contributed by atoms with E-state index in [-0.39, 0.29) is 0 Å². The van der Waals surface area contributed by atoms with Crippen LogP contribution in [0.25, 0.3) is 10.8 Å². The molecule has 0 spiro atoms. The molecule has 3 aromatic rings. The van der Waals surface area contributed by atoms with Crippen LogP contribution in [0.15, 0.2) is 59.9 Å². The standard InChI is InChI=1S/C23H30N6/c1-3-24-23(25-14-19-10-6-9-18-8-4-5-12-22(18)19)27-20-11-7-13-29(16-20)21-15-26-28(2)17-21/h4-6,8-10,12,15,17,20H,3,7,11,13-14,16H2,1-2H3,(H2,24,25,27). The highest BCUT2D eigenvalue weighted by Gasteiger charge is 2.21. The first-order valence-electron chi connectivity index (χ1n) is 10.5. The molecular weight excluding hydrogens is 360 g/mol. The Morgan fingerprint density at radius 3 is 2.90 bits per heavy atom. The van der Waals surface area contributed by atoms with E-state index in [1.807, 2.05) is 17.9 Å². The molecule has 0 radical (unpaired) electrons. The van der Waals surface area contributed by atoms with Crippen LogP contribution in [0.3, 0.4) is 0 Å². The minimum atomic E-state index is 0.370. The minimum absolute atomic E-state index is 0.370. The molecule has 2 heterocycles. The molecule has 6 nitrogen and oxygen atoms in total. The van der Waals surface area contributed by atoms with Crippen LogP contribution in [0.2, 0.25) is 0 Å². The van der Waals surface area contributed by atoms with Crippen LogP contribution in [0.4, 0.5) is 5.69 Å². The van der Waals surface area contributed by atoms with Crippen molar-refractivity contribution in [2.45, 2.75) is 32.4 Å². The zero-order valence-electron chi connectivity index (χ0n) is 17.3. The molecule has 1 aromatic heterocycles. The molecule has 1 atom stereocenters. The first-order valence-corrected chi connectivity index (χ1v) is 10.5. The number of aromatic nitrogens is 2. The van der Waals surface area contributed by atoms with Gasteiger partial charge in [-0.1, -0.05) is 42.5 Å². The Labute approximate surface area is 172 Å². The highest BCUT2D eigenvalue weighted by molar-refractivity contribution is 5.86. The van der Waals surface area contributed by atoms with Crippen molar-refractivity contribution in [3.63, 3.8) is 0 Å². The van der Waals surface area contributed by atoms with Crippen molar-refractivity contribution in [3.05, 3.63) is 60.4 Å². The molecule has 4 rings (SSSR count). The van der Waals surface area contributed by atoms with Crippen LogP contribution >= 0.6 is 0 Å². The van der Waals surface area contributed by atoms with Crippen LogP contribution in [0, 0.1) is 0 Å². The number of hydrogen-bond acceptors (Lipinski definition) is 3. The van der Waals surface area contributed by atoms with Crippen LogP contribution in [-0.2, 0) is 13.6 Å². The molecule has 6 heteroatoms. The molecular formula is C23H30N6. The number of aliphatic imine (C=N–C) groups is 1. The minimum Gasteiger partial charge on any atom is -0.367 e. The fourth-order valence-corrected chi connectivity index (χ4v) is 4.01. The number of nitrogens with zero attached hydrogens (tertiary/aromatic N) is 4. The number of anilines is 1. The maximum Gasteiger partial charge on any atom is 0.191 e. The number of hydrogen-bond donors (Lipinski definition) is 2. The van der Waals surface area contributed by atoms with Gasteiger partial charge in [0.25, 0.3) is 0 Å². The zero-order valence-corrected chi connectivity index (χ0v) is 17.3. The quantitative estimate of drug-likeness (QED) is 0.518. The van der Waals surface area contributed by atoms with E-state index in [4.69, 9.17) is 4.99 Å². The van der Waals surface area contributed by atoms with Crippen molar-refractivity contribution in [2.75, 3.05) is 24.5 Å². The van der Waals surface area contributed by atoms with Gasteiger partial charge in [-0.15, -0.1) is 0 Å². The van der Waals surface area contributed by atoms with E-state index >= 15 is 0 Å². The first kappa shape index (κ1) is 19.3.